The predicted molar refractivity (Wildman–Crippen MR) is 80.8 cm³/mol. The van der Waals surface area contributed by atoms with Gasteiger partial charge in [0, 0.05) is 0 Å². The van der Waals surface area contributed by atoms with E-state index >= 15 is 0 Å². The van der Waals surface area contributed by atoms with E-state index in [4.69, 9.17) is 4.74 Å². The Hall–Kier alpha value is -2.01. The number of hydrogen-bond acceptors (Lipinski definition) is 2. The molecule has 5 heteroatoms. The van der Waals surface area contributed by atoms with E-state index in [1.807, 2.05) is 6.07 Å². The van der Waals surface area contributed by atoms with E-state index in [1.165, 1.54) is 19.2 Å². The average molecular weight is 309 g/mol. The molecule has 0 saturated heterocycles. The molecule has 3 rings (SSSR count). The van der Waals surface area contributed by atoms with Crippen molar-refractivity contribution in [1.82, 2.24) is 0 Å². The van der Waals surface area contributed by atoms with E-state index in [9.17, 15) is 13.2 Å². The third-order valence-electron chi connectivity index (χ3n) is 3.46. The number of hydrogen-bond donors (Lipinski definition) is 1. The van der Waals surface area contributed by atoms with Crippen LogP contribution in [0.15, 0.2) is 42.5 Å². The molecule has 0 aliphatic carbocycles. The third-order valence-corrected chi connectivity index (χ3v) is 3.46. The van der Waals surface area contributed by atoms with Crippen LogP contribution in [0.25, 0.3) is 11.1 Å². The van der Waals surface area contributed by atoms with Gasteiger partial charge in [-0.2, -0.15) is 13.2 Å². The van der Waals surface area contributed by atoms with Gasteiger partial charge in [0.25, 0.3) is 0 Å². The number of halogens is 3. The molecule has 0 atom stereocenters. The molecule has 0 fully saturated rings. The molecule has 0 bridgehead atoms. The van der Waals surface area contributed by atoms with Crippen LogP contribution in [0.5, 0.6) is 5.75 Å². The van der Waals surface area contributed by atoms with E-state index in [0.29, 0.717) is 17.9 Å². The van der Waals surface area contributed by atoms with Gasteiger partial charge in [0.1, 0.15) is 5.75 Å². The van der Waals surface area contributed by atoms with Crippen molar-refractivity contribution in [2.75, 3.05) is 13.7 Å². The van der Waals surface area contributed by atoms with Gasteiger partial charge < -0.3 is 10.5 Å². The Bertz CT molecular complexity index is 638. The summed E-state index contributed by atoms with van der Waals surface area (Å²) in [4.78, 5) is 0. The highest BCUT2D eigenvalue weighted by Gasteiger charge is 2.33. The van der Waals surface area contributed by atoms with Gasteiger partial charge in [-0.1, -0.05) is 30.3 Å². The lowest BCUT2D eigenvalue weighted by molar-refractivity contribution is -0.137. The molecule has 0 radical (unpaired) electrons. The van der Waals surface area contributed by atoms with E-state index in [1.54, 1.807) is 18.2 Å². The summed E-state index contributed by atoms with van der Waals surface area (Å²) in [6.45, 7) is 0.622. The van der Waals surface area contributed by atoms with E-state index in [-0.39, 0.29) is 5.56 Å². The van der Waals surface area contributed by atoms with Gasteiger partial charge in [-0.3, -0.25) is 0 Å². The number of benzene rings is 2. The van der Waals surface area contributed by atoms with Gasteiger partial charge in [0.15, 0.2) is 0 Å². The highest BCUT2D eigenvalue weighted by Crippen LogP contribution is 2.38. The van der Waals surface area contributed by atoms with Crippen LogP contribution in [-0.2, 0) is 12.6 Å². The quantitative estimate of drug-likeness (QED) is 0.853. The summed E-state index contributed by atoms with van der Waals surface area (Å²) in [6, 6.07) is 10.9. The number of fused-ring (bicyclic) bond motifs is 1. The molecule has 22 heavy (non-hydrogen) atoms. The SMILES string of the molecule is CN.FC(F)(F)c1ccccc1-c1ccc2c(c1)OCCC2. The maximum Gasteiger partial charge on any atom is 0.417 e. The Morgan fingerprint density at radius 2 is 1.77 bits per heavy atom. The van der Waals surface area contributed by atoms with Gasteiger partial charge >= 0.3 is 6.18 Å². The van der Waals surface area contributed by atoms with Crippen LogP contribution in [0, 0.1) is 0 Å². The maximum absolute atomic E-state index is 13.0. The molecule has 0 unspecified atom stereocenters. The number of aryl methyl sites for hydroxylation is 1. The number of ether oxygens (including phenoxy) is 1. The van der Waals surface area contributed by atoms with Gasteiger partial charge in [-0.15, -0.1) is 0 Å². The first kappa shape index (κ1) is 16.4. The van der Waals surface area contributed by atoms with Crippen LogP contribution in [0.3, 0.4) is 0 Å². The highest BCUT2D eigenvalue weighted by molar-refractivity contribution is 5.70. The van der Waals surface area contributed by atoms with Gasteiger partial charge in [-0.05, 0) is 48.7 Å². The topological polar surface area (TPSA) is 35.2 Å². The third kappa shape index (κ3) is 3.42. The molecule has 0 aromatic heterocycles. The van der Waals surface area contributed by atoms with Crippen molar-refractivity contribution in [1.29, 1.82) is 0 Å². The second-order valence-electron chi connectivity index (χ2n) is 4.82. The van der Waals surface area contributed by atoms with Crippen LogP contribution in [-0.4, -0.2) is 13.7 Å². The van der Waals surface area contributed by atoms with Crippen LogP contribution >= 0.6 is 0 Å². The Morgan fingerprint density at radius 3 is 2.50 bits per heavy atom. The molecule has 118 valence electrons. The maximum atomic E-state index is 13.0. The smallest absolute Gasteiger partial charge is 0.417 e. The molecular weight excluding hydrogens is 291 g/mol. The lowest BCUT2D eigenvalue weighted by Crippen LogP contribution is -2.09. The zero-order valence-corrected chi connectivity index (χ0v) is 12.3. The van der Waals surface area contributed by atoms with Crippen LogP contribution in [0.4, 0.5) is 13.2 Å². The molecule has 0 saturated carbocycles. The first-order valence-corrected chi connectivity index (χ1v) is 7.06. The van der Waals surface area contributed by atoms with Crippen molar-refractivity contribution < 1.29 is 17.9 Å². The second kappa shape index (κ2) is 6.83. The van der Waals surface area contributed by atoms with Gasteiger partial charge in [0.2, 0.25) is 0 Å². The summed E-state index contributed by atoms with van der Waals surface area (Å²) in [6.07, 6.45) is -2.49. The molecule has 0 amide bonds. The lowest BCUT2D eigenvalue weighted by atomic mass is 9.96. The summed E-state index contributed by atoms with van der Waals surface area (Å²) in [5.41, 5.74) is 5.68. The first-order valence-electron chi connectivity index (χ1n) is 7.06. The van der Waals surface area contributed by atoms with Crippen molar-refractivity contribution in [3.63, 3.8) is 0 Å². The lowest BCUT2D eigenvalue weighted by Gasteiger charge is -2.19. The molecule has 2 nitrogen and oxygen atoms in total. The second-order valence-corrected chi connectivity index (χ2v) is 4.82. The fourth-order valence-corrected chi connectivity index (χ4v) is 2.49. The molecule has 2 N–H and O–H groups in total. The minimum atomic E-state index is -4.35. The van der Waals surface area contributed by atoms with Crippen molar-refractivity contribution >= 4 is 0 Å². The molecule has 1 aliphatic heterocycles. The van der Waals surface area contributed by atoms with E-state index < -0.39 is 11.7 Å². The molecule has 1 aliphatic rings. The number of nitrogens with two attached hydrogens (primary N) is 1. The van der Waals surface area contributed by atoms with Gasteiger partial charge in [-0.25, -0.2) is 0 Å². The minimum absolute atomic E-state index is 0.192. The van der Waals surface area contributed by atoms with Crippen molar-refractivity contribution in [2.24, 2.45) is 5.73 Å². The molecule has 2 aromatic rings. The Labute approximate surface area is 127 Å². The fraction of sp³-hybridized carbons (Fsp3) is 0.294. The summed E-state index contributed by atoms with van der Waals surface area (Å²) >= 11 is 0. The Morgan fingerprint density at radius 1 is 1.05 bits per heavy atom. The predicted octanol–water partition coefficient (Wildman–Crippen LogP) is 4.27. The summed E-state index contributed by atoms with van der Waals surface area (Å²) < 4.78 is 44.7. The standard InChI is InChI=1S/C16H13F3O.CH5N/c17-16(18,19)14-6-2-1-5-13(14)12-8-7-11-4-3-9-20-15(11)10-12;1-2/h1-2,5-8,10H,3-4,9H2;2H2,1H3. The number of rotatable bonds is 1. The zero-order chi connectivity index (χ0) is 16.2. The summed E-state index contributed by atoms with van der Waals surface area (Å²) in [7, 11) is 1.50. The van der Waals surface area contributed by atoms with E-state index in [0.717, 1.165) is 24.5 Å². The molecular formula is C17H18F3NO. The largest absolute Gasteiger partial charge is 0.493 e. The highest BCUT2D eigenvalue weighted by atomic mass is 19.4. The molecule has 0 spiro atoms. The first-order chi connectivity index (χ1) is 10.6. The van der Waals surface area contributed by atoms with Crippen LogP contribution in [0.2, 0.25) is 0 Å². The molecule has 2 aromatic carbocycles. The van der Waals surface area contributed by atoms with Crippen molar-refractivity contribution in [2.45, 2.75) is 19.0 Å². The van der Waals surface area contributed by atoms with E-state index in [2.05, 4.69) is 5.73 Å². The zero-order valence-electron chi connectivity index (χ0n) is 12.3. The fourth-order valence-electron chi connectivity index (χ4n) is 2.49. The van der Waals surface area contributed by atoms with Crippen molar-refractivity contribution in [3.8, 4) is 16.9 Å². The summed E-state index contributed by atoms with van der Waals surface area (Å²) in [5.74, 6) is 0.700. The van der Waals surface area contributed by atoms with Gasteiger partial charge in [0.05, 0.1) is 12.2 Å². The normalized spacial score (nSPS) is 13.5. The monoisotopic (exact) mass is 309 g/mol. The Balaban J connectivity index is 0.000000847. The Kier molecular flexibility index (Phi) is 5.08. The van der Waals surface area contributed by atoms with Crippen LogP contribution in [0.1, 0.15) is 17.5 Å². The van der Waals surface area contributed by atoms with Crippen molar-refractivity contribution in [3.05, 3.63) is 53.6 Å². The van der Waals surface area contributed by atoms with Crippen LogP contribution < -0.4 is 10.5 Å². The summed E-state index contributed by atoms with van der Waals surface area (Å²) in [5, 5.41) is 0. The number of alkyl halides is 3. The minimum Gasteiger partial charge on any atom is -0.493 e. The molecule has 1 heterocycles. The average Bonchev–Trinajstić information content (AvgIpc) is 2.55.